The summed E-state index contributed by atoms with van der Waals surface area (Å²) in [5.41, 5.74) is 5.62. The normalized spacial score (nSPS) is 19.2. The van der Waals surface area contributed by atoms with Crippen molar-refractivity contribution in [2.45, 2.75) is 24.9 Å². The molecule has 3 rings (SSSR count). The van der Waals surface area contributed by atoms with E-state index in [2.05, 4.69) is 0 Å². The van der Waals surface area contributed by atoms with E-state index in [9.17, 15) is 14.3 Å². The highest BCUT2D eigenvalue weighted by Crippen LogP contribution is 2.27. The Kier molecular flexibility index (Phi) is 7.07. The summed E-state index contributed by atoms with van der Waals surface area (Å²) in [6.45, 7) is 1.69. The van der Waals surface area contributed by atoms with Gasteiger partial charge in [0.15, 0.2) is 0 Å². The average molecular weight is 416 g/mol. The molecule has 30 heavy (non-hydrogen) atoms. The van der Waals surface area contributed by atoms with Gasteiger partial charge in [-0.2, -0.15) is 0 Å². The minimum Gasteiger partial charge on any atom is -0.457 e. The number of β-amino-alcohol motifs (C(OH)–C–C–N with tert-alkyl or cyclic N) is 1. The van der Waals surface area contributed by atoms with Crippen LogP contribution in [0.1, 0.15) is 28.8 Å². The Balaban J connectivity index is 1.75. The van der Waals surface area contributed by atoms with E-state index in [1.54, 1.807) is 0 Å². The lowest BCUT2D eigenvalue weighted by Crippen LogP contribution is -2.54. The minimum atomic E-state index is -0.993. The first-order valence-corrected chi connectivity index (χ1v) is 10.2. The van der Waals surface area contributed by atoms with Crippen molar-refractivity contribution in [1.82, 2.24) is 9.80 Å². The molecule has 3 N–H and O–H groups in total. The van der Waals surface area contributed by atoms with E-state index in [1.807, 2.05) is 43.3 Å². The zero-order valence-corrected chi connectivity index (χ0v) is 17.6. The highest BCUT2D eigenvalue weighted by atomic mass is 19.1. The summed E-state index contributed by atoms with van der Waals surface area (Å²) in [7, 11) is 3.75. The summed E-state index contributed by atoms with van der Waals surface area (Å²) in [4.78, 5) is 16.4. The van der Waals surface area contributed by atoms with Crippen LogP contribution in [0.25, 0.3) is 0 Å². The number of benzene rings is 2. The molecule has 1 fully saturated rings. The highest BCUT2D eigenvalue weighted by Gasteiger charge is 2.36. The van der Waals surface area contributed by atoms with Crippen molar-refractivity contribution in [2.24, 2.45) is 5.73 Å². The number of hydrogen-bond acceptors (Lipinski definition) is 5. The number of hydrogen-bond donors (Lipinski definition) is 2. The van der Waals surface area contributed by atoms with E-state index in [0.717, 1.165) is 12.0 Å². The van der Waals surface area contributed by atoms with Gasteiger partial charge in [-0.05, 0) is 75.8 Å². The van der Waals surface area contributed by atoms with Gasteiger partial charge in [-0.1, -0.05) is 12.1 Å². The minimum absolute atomic E-state index is 0.0543. The number of carbonyl (C=O) groups is 1. The number of rotatable bonds is 7. The molecule has 6 nitrogen and oxygen atoms in total. The fourth-order valence-electron chi connectivity index (χ4n) is 3.93. The molecule has 0 spiro atoms. The first kappa shape index (κ1) is 22.2. The SMILES string of the molecule is CN(C)CC1(O)CCCN(C(=O)c2cc(Oc3ccc(CCN)cc3)ccc2F)C1. The number of likely N-dealkylation sites (tertiary alicyclic amines) is 1. The predicted octanol–water partition coefficient (Wildman–Crippen LogP) is 2.65. The summed E-state index contributed by atoms with van der Waals surface area (Å²) in [5, 5.41) is 10.8. The summed E-state index contributed by atoms with van der Waals surface area (Å²) >= 11 is 0. The number of carbonyl (C=O) groups excluding carboxylic acids is 1. The number of piperidine rings is 1. The maximum atomic E-state index is 14.5. The van der Waals surface area contributed by atoms with E-state index < -0.39 is 17.3 Å². The molecular weight excluding hydrogens is 385 g/mol. The van der Waals surface area contributed by atoms with Crippen molar-refractivity contribution in [3.63, 3.8) is 0 Å². The second-order valence-electron chi connectivity index (χ2n) is 8.22. The third kappa shape index (κ3) is 5.56. The van der Waals surface area contributed by atoms with Gasteiger partial charge < -0.3 is 25.4 Å². The molecule has 0 aliphatic carbocycles. The molecule has 0 radical (unpaired) electrons. The number of amides is 1. The smallest absolute Gasteiger partial charge is 0.257 e. The van der Waals surface area contributed by atoms with Gasteiger partial charge >= 0.3 is 0 Å². The molecule has 162 valence electrons. The molecule has 0 bridgehead atoms. The molecule has 1 saturated heterocycles. The van der Waals surface area contributed by atoms with E-state index in [-0.39, 0.29) is 12.1 Å². The van der Waals surface area contributed by atoms with Crippen molar-refractivity contribution in [1.29, 1.82) is 0 Å². The largest absolute Gasteiger partial charge is 0.457 e. The standard InChI is InChI=1S/C23H30FN3O3/c1-26(2)15-23(29)11-3-13-27(16-23)22(28)20-14-19(8-9-21(20)24)30-18-6-4-17(5-7-18)10-12-25/h4-9,14,29H,3,10-13,15-16,25H2,1-2H3. The molecule has 7 heteroatoms. The molecule has 1 atom stereocenters. The van der Waals surface area contributed by atoms with E-state index in [1.165, 1.54) is 23.1 Å². The number of ether oxygens (including phenoxy) is 1. The number of likely N-dealkylation sites (N-methyl/N-ethyl adjacent to an activating group) is 1. The quantitative estimate of drug-likeness (QED) is 0.727. The number of halogens is 1. The van der Waals surface area contributed by atoms with Crippen LogP contribution in [-0.4, -0.2) is 66.7 Å². The number of nitrogens with two attached hydrogens (primary N) is 1. The zero-order valence-electron chi connectivity index (χ0n) is 17.6. The molecule has 1 aliphatic rings. The van der Waals surface area contributed by atoms with Crippen LogP contribution < -0.4 is 10.5 Å². The van der Waals surface area contributed by atoms with Crippen molar-refractivity contribution in [2.75, 3.05) is 40.3 Å². The second-order valence-corrected chi connectivity index (χ2v) is 8.22. The first-order valence-electron chi connectivity index (χ1n) is 10.2. The maximum Gasteiger partial charge on any atom is 0.257 e. The fourth-order valence-corrected chi connectivity index (χ4v) is 3.93. The Morgan fingerprint density at radius 1 is 1.23 bits per heavy atom. The van der Waals surface area contributed by atoms with Gasteiger partial charge in [-0.15, -0.1) is 0 Å². The van der Waals surface area contributed by atoms with Gasteiger partial charge in [0.2, 0.25) is 0 Å². The second kappa shape index (κ2) is 9.55. The van der Waals surface area contributed by atoms with E-state index in [0.29, 0.717) is 44.0 Å². The van der Waals surface area contributed by atoms with Gasteiger partial charge in [0.1, 0.15) is 17.3 Å². The Bertz CT molecular complexity index is 872. The zero-order chi connectivity index (χ0) is 21.7. The highest BCUT2D eigenvalue weighted by molar-refractivity contribution is 5.95. The lowest BCUT2D eigenvalue weighted by molar-refractivity contribution is -0.0392. The third-order valence-corrected chi connectivity index (χ3v) is 5.21. The third-order valence-electron chi connectivity index (χ3n) is 5.21. The molecule has 2 aromatic rings. The van der Waals surface area contributed by atoms with Crippen LogP contribution in [0, 0.1) is 5.82 Å². The van der Waals surface area contributed by atoms with Crippen LogP contribution in [-0.2, 0) is 6.42 Å². The van der Waals surface area contributed by atoms with Crippen molar-refractivity contribution >= 4 is 5.91 Å². The van der Waals surface area contributed by atoms with E-state index in [4.69, 9.17) is 10.5 Å². The lowest BCUT2D eigenvalue weighted by atomic mass is 9.92. The van der Waals surface area contributed by atoms with Crippen LogP contribution in [0.3, 0.4) is 0 Å². The molecule has 0 aromatic heterocycles. The molecule has 1 heterocycles. The van der Waals surface area contributed by atoms with Gasteiger partial charge in [0.05, 0.1) is 17.7 Å². The fraction of sp³-hybridized carbons (Fsp3) is 0.435. The van der Waals surface area contributed by atoms with Crippen LogP contribution in [0.5, 0.6) is 11.5 Å². The number of aliphatic hydroxyl groups is 1. The van der Waals surface area contributed by atoms with Crippen molar-refractivity contribution in [3.05, 3.63) is 59.4 Å². The molecule has 1 amide bonds. The lowest BCUT2D eigenvalue weighted by Gasteiger charge is -2.40. The van der Waals surface area contributed by atoms with E-state index >= 15 is 0 Å². The molecule has 1 aliphatic heterocycles. The maximum absolute atomic E-state index is 14.5. The molecule has 0 saturated carbocycles. The van der Waals surface area contributed by atoms with Crippen LogP contribution >= 0.6 is 0 Å². The molecular formula is C23H30FN3O3. The topological polar surface area (TPSA) is 79.0 Å². The Labute approximate surface area is 177 Å². The predicted molar refractivity (Wildman–Crippen MR) is 114 cm³/mol. The van der Waals surface area contributed by atoms with Gasteiger partial charge in [0, 0.05) is 13.1 Å². The monoisotopic (exact) mass is 415 g/mol. The number of nitrogens with zero attached hydrogens (tertiary/aromatic N) is 2. The average Bonchev–Trinajstić information content (AvgIpc) is 2.69. The summed E-state index contributed by atoms with van der Waals surface area (Å²) in [6.07, 6.45) is 2.06. The Morgan fingerprint density at radius 3 is 2.60 bits per heavy atom. The van der Waals surface area contributed by atoms with Crippen LogP contribution in [0.15, 0.2) is 42.5 Å². The summed E-state index contributed by atoms with van der Waals surface area (Å²) in [5.74, 6) is -0.0634. The Hall–Kier alpha value is -2.48. The van der Waals surface area contributed by atoms with Gasteiger partial charge in [0.25, 0.3) is 5.91 Å². The molecule has 2 aromatic carbocycles. The molecule has 1 unspecified atom stereocenters. The van der Waals surface area contributed by atoms with Crippen molar-refractivity contribution < 1.29 is 19.0 Å². The summed E-state index contributed by atoms with van der Waals surface area (Å²) < 4.78 is 20.3. The first-order chi connectivity index (χ1) is 14.3. The summed E-state index contributed by atoms with van der Waals surface area (Å²) in [6, 6.07) is 11.7. The van der Waals surface area contributed by atoms with Gasteiger partial charge in [-0.25, -0.2) is 4.39 Å². The van der Waals surface area contributed by atoms with Gasteiger partial charge in [-0.3, -0.25) is 4.79 Å². The Morgan fingerprint density at radius 2 is 1.93 bits per heavy atom. The van der Waals surface area contributed by atoms with Crippen LogP contribution in [0.2, 0.25) is 0 Å². The van der Waals surface area contributed by atoms with Crippen LogP contribution in [0.4, 0.5) is 4.39 Å². The van der Waals surface area contributed by atoms with Crippen molar-refractivity contribution in [3.8, 4) is 11.5 Å².